The number of hydrogen-bond acceptors (Lipinski definition) is 8. The molecular formula is C37H41ClF6N4O6S2. The van der Waals surface area contributed by atoms with Gasteiger partial charge < -0.3 is 14.5 Å². The molecule has 3 aromatic rings. The molecular weight excluding hydrogens is 810 g/mol. The van der Waals surface area contributed by atoms with Crippen LogP contribution in [0.2, 0.25) is 5.02 Å². The maximum Gasteiger partial charge on any atom is 0.425 e. The summed E-state index contributed by atoms with van der Waals surface area (Å²) in [6.45, 7) is 4.68. The fraction of sp³-hybridized carbons (Fsp3) is 0.514. The van der Waals surface area contributed by atoms with Crippen LogP contribution in [0.25, 0.3) is 0 Å². The van der Waals surface area contributed by atoms with E-state index in [1.807, 2.05) is 11.6 Å². The number of pyridine rings is 1. The minimum atomic E-state index is -4.96. The zero-order valence-corrected chi connectivity index (χ0v) is 33.3. The number of halogens is 7. The van der Waals surface area contributed by atoms with Gasteiger partial charge in [0.15, 0.2) is 0 Å². The fourth-order valence-corrected chi connectivity index (χ4v) is 8.95. The van der Waals surface area contributed by atoms with E-state index in [0.29, 0.717) is 40.8 Å². The molecule has 10 nitrogen and oxygen atoms in total. The Hall–Kier alpha value is -3.90. The van der Waals surface area contributed by atoms with Crippen molar-refractivity contribution in [3.63, 3.8) is 0 Å². The number of carbonyl (C=O) groups excluding carboxylic acids is 3. The molecule has 3 atom stereocenters. The van der Waals surface area contributed by atoms with Crippen LogP contribution in [0, 0.1) is 5.41 Å². The number of piperidine rings is 1. The lowest BCUT2D eigenvalue weighted by Crippen LogP contribution is -2.68. The summed E-state index contributed by atoms with van der Waals surface area (Å²) in [6.07, 6.45) is -7.01. The summed E-state index contributed by atoms with van der Waals surface area (Å²) < 4.78 is 117. The zero-order chi connectivity index (χ0) is 41.4. The minimum absolute atomic E-state index is 0.0114. The van der Waals surface area contributed by atoms with Gasteiger partial charge in [-0.25, -0.2) is 8.42 Å². The molecule has 19 heteroatoms. The van der Waals surface area contributed by atoms with Crippen molar-refractivity contribution in [2.24, 2.45) is 5.41 Å². The maximum absolute atomic E-state index is 15.6. The fourth-order valence-electron chi connectivity index (χ4n) is 7.47. The predicted octanol–water partition coefficient (Wildman–Crippen LogP) is 8.06. The molecule has 56 heavy (non-hydrogen) atoms. The van der Waals surface area contributed by atoms with Gasteiger partial charge in [-0.05, 0) is 61.1 Å². The van der Waals surface area contributed by atoms with Crippen LogP contribution in [0.3, 0.4) is 0 Å². The number of ether oxygens (including phenoxy) is 1. The van der Waals surface area contributed by atoms with Crippen molar-refractivity contribution in [3.05, 3.63) is 80.3 Å². The topological polar surface area (TPSA) is 126 Å². The Kier molecular flexibility index (Phi) is 12.5. The molecule has 2 aliphatic heterocycles. The van der Waals surface area contributed by atoms with Gasteiger partial charge in [0.25, 0.3) is 11.8 Å². The lowest BCUT2D eigenvalue weighted by molar-refractivity contribution is -0.163. The number of nitrogens with one attached hydrogen (secondary N) is 1. The summed E-state index contributed by atoms with van der Waals surface area (Å²) in [5.41, 5.74) is -4.48. The van der Waals surface area contributed by atoms with Crippen LogP contribution < -0.4 is 9.46 Å². The Morgan fingerprint density at radius 2 is 1.77 bits per heavy atom. The van der Waals surface area contributed by atoms with Gasteiger partial charge in [-0.1, -0.05) is 51.3 Å². The summed E-state index contributed by atoms with van der Waals surface area (Å²) in [5.74, 6) is -3.08. The number of carbonyl (C=O) groups is 3. The second-order valence-corrected chi connectivity index (χ2v) is 17.8. The van der Waals surface area contributed by atoms with E-state index in [-0.39, 0.29) is 50.9 Å². The monoisotopic (exact) mass is 850 g/mol. The smallest absolute Gasteiger partial charge is 0.425 e. The highest BCUT2D eigenvalue weighted by Gasteiger charge is 2.57. The van der Waals surface area contributed by atoms with Crippen molar-refractivity contribution in [3.8, 4) is 5.75 Å². The molecule has 0 saturated carbocycles. The van der Waals surface area contributed by atoms with E-state index < -0.39 is 79.3 Å². The third-order valence-corrected chi connectivity index (χ3v) is 11.9. The summed E-state index contributed by atoms with van der Waals surface area (Å²) in [5, 5.41) is 1.47. The number of alkyl halides is 6. The average molecular weight is 851 g/mol. The van der Waals surface area contributed by atoms with Gasteiger partial charge in [0.2, 0.25) is 21.5 Å². The number of aromatic nitrogens is 1. The van der Waals surface area contributed by atoms with E-state index in [9.17, 15) is 44.3 Å². The molecule has 2 aliphatic rings. The lowest BCUT2D eigenvalue weighted by Gasteiger charge is -2.52. The Bertz CT molecular complexity index is 2080. The third kappa shape index (κ3) is 9.28. The Morgan fingerprint density at radius 1 is 1.05 bits per heavy atom. The van der Waals surface area contributed by atoms with E-state index in [4.69, 9.17) is 16.3 Å². The highest BCUT2D eigenvalue weighted by atomic mass is 35.5. The SMILES string of the molecule is CCCC[C@H]1N(C(=O)c2ncccc2C(F)(F)F)CCC[C@@]1(Oc1csc(C(F)(F)F)c1)C(=O)N1CCc2cc(Cl)ccc2C1CC(C)(C)C(=O)NS(C)(=O)=O. The third-order valence-electron chi connectivity index (χ3n) is 10.1. The molecule has 2 aromatic heterocycles. The Labute approximate surface area is 329 Å². The standard InChI is InChI=1S/C37H41ClF6N4O6S2/c1-5-6-10-28-35(54-24-19-29(55-21-24)37(42,43)44,14-8-16-48(28)31(49)30-26(36(39,40)41)9-7-15-45-30)33(51)47-17-13-22-18-23(38)11-12-25(22)27(47)20-34(2,3)32(50)46-56(4,52)53/h7,9,11-12,15,18-19,21,27-28H,5-6,8,10,13-14,16-17,20H2,1-4H3,(H,46,50)/t27?,28-,35+/m1/s1. The van der Waals surface area contributed by atoms with E-state index in [1.54, 1.807) is 18.2 Å². The van der Waals surface area contributed by atoms with Crippen molar-refractivity contribution >= 4 is 50.7 Å². The second kappa shape index (κ2) is 16.2. The first-order valence-corrected chi connectivity index (χ1v) is 20.9. The first kappa shape index (κ1) is 43.2. The first-order valence-electron chi connectivity index (χ1n) is 17.8. The van der Waals surface area contributed by atoms with Gasteiger partial charge in [-0.2, -0.15) is 26.3 Å². The molecule has 1 fully saturated rings. The van der Waals surface area contributed by atoms with Crippen molar-refractivity contribution in [2.75, 3.05) is 19.3 Å². The number of rotatable bonds is 11. The number of benzene rings is 1. The van der Waals surface area contributed by atoms with Crippen molar-refractivity contribution in [1.82, 2.24) is 19.5 Å². The normalized spacial score (nSPS) is 20.7. The minimum Gasteiger partial charge on any atom is -0.474 e. The van der Waals surface area contributed by atoms with Crippen LogP contribution in [0.1, 0.15) is 97.4 Å². The molecule has 0 aliphatic carbocycles. The van der Waals surface area contributed by atoms with Gasteiger partial charge >= 0.3 is 12.4 Å². The van der Waals surface area contributed by atoms with E-state index >= 15 is 4.79 Å². The molecule has 1 aromatic carbocycles. The van der Waals surface area contributed by atoms with Crippen molar-refractivity contribution in [1.29, 1.82) is 0 Å². The quantitative estimate of drug-likeness (QED) is 0.194. The van der Waals surface area contributed by atoms with E-state index in [0.717, 1.165) is 40.4 Å². The molecule has 5 rings (SSSR count). The molecule has 0 radical (unpaired) electrons. The van der Waals surface area contributed by atoms with Gasteiger partial charge in [0.05, 0.1) is 23.9 Å². The highest BCUT2D eigenvalue weighted by Crippen LogP contribution is 2.46. The molecule has 0 spiro atoms. The van der Waals surface area contributed by atoms with Gasteiger partial charge in [-0.15, -0.1) is 11.3 Å². The Morgan fingerprint density at radius 3 is 2.39 bits per heavy atom. The number of thiophene rings is 1. The lowest BCUT2D eigenvalue weighted by atomic mass is 9.76. The number of nitrogens with zero attached hydrogens (tertiary/aromatic N) is 3. The molecule has 0 bridgehead atoms. The molecule has 1 unspecified atom stereocenters. The van der Waals surface area contributed by atoms with Gasteiger partial charge in [-0.3, -0.25) is 24.1 Å². The number of amides is 3. The summed E-state index contributed by atoms with van der Waals surface area (Å²) in [6, 6.07) is 5.19. The number of unbranched alkanes of at least 4 members (excludes halogenated alkanes) is 1. The molecule has 4 heterocycles. The average Bonchev–Trinajstić information content (AvgIpc) is 3.58. The van der Waals surface area contributed by atoms with Crippen LogP contribution in [0.4, 0.5) is 26.3 Å². The zero-order valence-electron chi connectivity index (χ0n) is 30.9. The van der Waals surface area contributed by atoms with Gasteiger partial charge in [0, 0.05) is 47.6 Å². The van der Waals surface area contributed by atoms with E-state index in [2.05, 4.69) is 4.98 Å². The molecule has 3 amide bonds. The first-order chi connectivity index (χ1) is 26.0. The van der Waals surface area contributed by atoms with E-state index in [1.165, 1.54) is 18.7 Å². The summed E-state index contributed by atoms with van der Waals surface area (Å²) in [4.78, 5) is 48.5. The number of sulfonamides is 1. The summed E-state index contributed by atoms with van der Waals surface area (Å²) >= 11 is 6.66. The van der Waals surface area contributed by atoms with Crippen LogP contribution in [0.15, 0.2) is 48.0 Å². The van der Waals surface area contributed by atoms with Crippen LogP contribution in [-0.4, -0.2) is 71.9 Å². The predicted molar refractivity (Wildman–Crippen MR) is 196 cm³/mol. The van der Waals surface area contributed by atoms with Crippen LogP contribution in [0.5, 0.6) is 5.75 Å². The van der Waals surface area contributed by atoms with Gasteiger partial charge in [0.1, 0.15) is 16.3 Å². The molecule has 306 valence electrons. The number of hydrogen-bond donors (Lipinski definition) is 1. The highest BCUT2D eigenvalue weighted by molar-refractivity contribution is 7.89. The second-order valence-electron chi connectivity index (χ2n) is 14.7. The van der Waals surface area contributed by atoms with Crippen molar-refractivity contribution < 1.29 is 53.9 Å². The van der Waals surface area contributed by atoms with Crippen LogP contribution in [-0.2, 0) is 38.4 Å². The Balaban J connectivity index is 1.69. The number of fused-ring (bicyclic) bond motifs is 1. The largest absolute Gasteiger partial charge is 0.474 e. The summed E-state index contributed by atoms with van der Waals surface area (Å²) in [7, 11) is -3.99. The number of likely N-dealkylation sites (tertiary alicyclic amines) is 1. The maximum atomic E-state index is 15.6. The van der Waals surface area contributed by atoms with Crippen LogP contribution >= 0.6 is 22.9 Å². The molecule has 1 N–H and O–H groups in total. The molecule has 1 saturated heterocycles. The van der Waals surface area contributed by atoms with Crippen molar-refractivity contribution in [2.45, 2.75) is 95.8 Å².